The Morgan fingerprint density at radius 2 is 2.00 bits per heavy atom. The first kappa shape index (κ1) is 15.6. The Hall–Kier alpha value is -1.79. The third-order valence-electron chi connectivity index (χ3n) is 3.00. The summed E-state index contributed by atoms with van der Waals surface area (Å²) in [6, 6.07) is 5.01. The number of carbonyl (C=O) groups is 1. The average molecular weight is 294 g/mol. The lowest BCUT2D eigenvalue weighted by atomic mass is 10.1. The summed E-state index contributed by atoms with van der Waals surface area (Å²) >= 11 is 0. The summed E-state index contributed by atoms with van der Waals surface area (Å²) in [6.45, 7) is 6.85. The van der Waals surface area contributed by atoms with E-state index in [1.54, 1.807) is 18.2 Å². The monoisotopic (exact) mass is 294 g/mol. The van der Waals surface area contributed by atoms with Gasteiger partial charge in [0, 0.05) is 24.2 Å². The number of hydrogen-bond donors (Lipinski definition) is 3. The average Bonchev–Trinajstić information content (AvgIpc) is 2.89. The summed E-state index contributed by atoms with van der Waals surface area (Å²) in [5.41, 5.74) is 0.415. The van der Waals surface area contributed by atoms with E-state index >= 15 is 0 Å². The molecule has 21 heavy (non-hydrogen) atoms. The number of rotatable bonds is 5. The molecule has 2 rings (SSSR count). The van der Waals surface area contributed by atoms with Gasteiger partial charge in [0.15, 0.2) is 11.5 Å². The van der Waals surface area contributed by atoms with Crippen molar-refractivity contribution in [3.05, 3.63) is 23.8 Å². The zero-order valence-corrected chi connectivity index (χ0v) is 12.6. The second kappa shape index (κ2) is 6.32. The van der Waals surface area contributed by atoms with Crippen LogP contribution in [0.1, 0.15) is 31.1 Å². The fourth-order valence-electron chi connectivity index (χ4n) is 1.85. The maximum atomic E-state index is 12.0. The minimum Gasteiger partial charge on any atom is -0.454 e. The van der Waals surface area contributed by atoms with Gasteiger partial charge in [0.25, 0.3) is 5.91 Å². The molecule has 0 saturated heterocycles. The van der Waals surface area contributed by atoms with Crippen LogP contribution >= 0.6 is 0 Å². The number of ether oxygens (including phenoxy) is 2. The van der Waals surface area contributed by atoms with Crippen molar-refractivity contribution in [2.24, 2.45) is 0 Å². The molecule has 1 aromatic rings. The molecule has 1 amide bonds. The largest absolute Gasteiger partial charge is 0.454 e. The van der Waals surface area contributed by atoms with Crippen LogP contribution in [0.3, 0.4) is 0 Å². The molecule has 0 radical (unpaired) electrons. The van der Waals surface area contributed by atoms with Crippen LogP contribution in [-0.2, 0) is 0 Å². The second-order valence-electron chi connectivity index (χ2n) is 6.06. The van der Waals surface area contributed by atoms with E-state index in [1.807, 2.05) is 20.8 Å². The van der Waals surface area contributed by atoms with Gasteiger partial charge in [-0.05, 0) is 39.0 Å². The van der Waals surface area contributed by atoms with Crippen LogP contribution in [0.25, 0.3) is 0 Å². The molecule has 0 aliphatic carbocycles. The van der Waals surface area contributed by atoms with E-state index < -0.39 is 6.10 Å². The molecular weight excluding hydrogens is 272 g/mol. The first-order valence-corrected chi connectivity index (χ1v) is 6.96. The van der Waals surface area contributed by atoms with Gasteiger partial charge in [-0.1, -0.05) is 0 Å². The van der Waals surface area contributed by atoms with Gasteiger partial charge in [0.05, 0.1) is 6.10 Å². The zero-order valence-electron chi connectivity index (χ0n) is 12.6. The van der Waals surface area contributed by atoms with Crippen molar-refractivity contribution >= 4 is 5.91 Å². The Balaban J connectivity index is 1.82. The van der Waals surface area contributed by atoms with Gasteiger partial charge in [-0.25, -0.2) is 0 Å². The van der Waals surface area contributed by atoms with E-state index in [4.69, 9.17) is 9.47 Å². The van der Waals surface area contributed by atoms with Gasteiger partial charge in [-0.2, -0.15) is 0 Å². The molecule has 1 aliphatic rings. The number of amides is 1. The quantitative estimate of drug-likeness (QED) is 0.752. The number of nitrogens with one attached hydrogen (secondary N) is 2. The number of aliphatic hydroxyl groups excluding tert-OH is 1. The number of hydrogen-bond acceptors (Lipinski definition) is 5. The Labute approximate surface area is 124 Å². The third kappa shape index (κ3) is 4.61. The van der Waals surface area contributed by atoms with Crippen LogP contribution < -0.4 is 20.1 Å². The molecule has 0 bridgehead atoms. The summed E-state index contributed by atoms with van der Waals surface area (Å²) in [7, 11) is 0. The van der Waals surface area contributed by atoms with Gasteiger partial charge in [-0.15, -0.1) is 0 Å². The van der Waals surface area contributed by atoms with Gasteiger partial charge in [-0.3, -0.25) is 4.79 Å². The van der Waals surface area contributed by atoms with Crippen molar-refractivity contribution in [3.63, 3.8) is 0 Å². The first-order chi connectivity index (χ1) is 9.85. The number of fused-ring (bicyclic) bond motifs is 1. The molecule has 1 heterocycles. The minimum atomic E-state index is -0.637. The fourth-order valence-corrected chi connectivity index (χ4v) is 1.85. The van der Waals surface area contributed by atoms with Gasteiger partial charge < -0.3 is 25.2 Å². The maximum Gasteiger partial charge on any atom is 0.251 e. The summed E-state index contributed by atoms with van der Waals surface area (Å²) in [6.07, 6.45) is -0.637. The van der Waals surface area contributed by atoms with E-state index in [-0.39, 0.29) is 24.8 Å². The molecule has 0 aromatic heterocycles. The van der Waals surface area contributed by atoms with E-state index in [2.05, 4.69) is 10.6 Å². The highest BCUT2D eigenvalue weighted by Crippen LogP contribution is 2.32. The topological polar surface area (TPSA) is 79.8 Å². The number of carbonyl (C=O) groups excluding carboxylic acids is 1. The highest BCUT2D eigenvalue weighted by molar-refractivity contribution is 5.94. The van der Waals surface area contributed by atoms with E-state index in [0.29, 0.717) is 23.6 Å². The fraction of sp³-hybridized carbons (Fsp3) is 0.533. The Morgan fingerprint density at radius 1 is 1.29 bits per heavy atom. The molecule has 6 nitrogen and oxygen atoms in total. The Morgan fingerprint density at radius 3 is 2.71 bits per heavy atom. The SMILES string of the molecule is CC(C)(C)NCC(O)CNC(=O)c1ccc2c(c1)OCO2. The minimum absolute atomic E-state index is 0.0672. The lowest BCUT2D eigenvalue weighted by Crippen LogP contribution is -2.44. The molecule has 1 aromatic carbocycles. The molecule has 0 spiro atoms. The summed E-state index contributed by atoms with van der Waals surface area (Å²) in [5, 5.41) is 15.7. The number of aliphatic hydroxyl groups is 1. The van der Waals surface area contributed by atoms with Crippen molar-refractivity contribution in [2.75, 3.05) is 19.9 Å². The zero-order chi connectivity index (χ0) is 15.5. The van der Waals surface area contributed by atoms with Crippen LogP contribution in [0.5, 0.6) is 11.5 Å². The molecule has 3 N–H and O–H groups in total. The van der Waals surface area contributed by atoms with Crippen LogP contribution in [-0.4, -0.2) is 42.5 Å². The van der Waals surface area contributed by atoms with Crippen LogP contribution in [0.15, 0.2) is 18.2 Å². The number of β-amino-alcohol motifs (C(OH)–C–C–N with tert-alkyl or cyclic N) is 1. The van der Waals surface area contributed by atoms with Crippen molar-refractivity contribution in [3.8, 4) is 11.5 Å². The molecule has 0 fully saturated rings. The summed E-state index contributed by atoms with van der Waals surface area (Å²) in [5.74, 6) is 0.960. The van der Waals surface area contributed by atoms with Crippen LogP contribution in [0, 0.1) is 0 Å². The van der Waals surface area contributed by atoms with Crippen LogP contribution in [0.2, 0.25) is 0 Å². The second-order valence-corrected chi connectivity index (χ2v) is 6.06. The molecule has 6 heteroatoms. The highest BCUT2D eigenvalue weighted by atomic mass is 16.7. The molecule has 1 aliphatic heterocycles. The van der Waals surface area contributed by atoms with E-state index in [9.17, 15) is 9.90 Å². The summed E-state index contributed by atoms with van der Waals surface area (Å²) in [4.78, 5) is 12.0. The molecule has 116 valence electrons. The normalized spacial score (nSPS) is 14.9. The van der Waals surface area contributed by atoms with Gasteiger partial charge in [0.1, 0.15) is 0 Å². The first-order valence-electron chi connectivity index (χ1n) is 6.96. The predicted molar refractivity (Wildman–Crippen MR) is 78.7 cm³/mol. The lowest BCUT2D eigenvalue weighted by molar-refractivity contribution is 0.0911. The van der Waals surface area contributed by atoms with E-state index in [0.717, 1.165) is 0 Å². The molecule has 0 saturated carbocycles. The van der Waals surface area contributed by atoms with Crippen molar-refractivity contribution < 1.29 is 19.4 Å². The van der Waals surface area contributed by atoms with Crippen molar-refractivity contribution in [1.29, 1.82) is 0 Å². The maximum absolute atomic E-state index is 12.0. The summed E-state index contributed by atoms with van der Waals surface area (Å²) < 4.78 is 10.4. The Bertz CT molecular complexity index is 511. The third-order valence-corrected chi connectivity index (χ3v) is 3.00. The standard InChI is InChI=1S/C15H22N2O4/c1-15(2,3)17-8-11(18)7-16-14(19)10-4-5-12-13(6-10)21-9-20-12/h4-6,11,17-18H,7-9H2,1-3H3,(H,16,19). The van der Waals surface area contributed by atoms with Gasteiger partial charge in [0.2, 0.25) is 6.79 Å². The number of benzene rings is 1. The van der Waals surface area contributed by atoms with Crippen molar-refractivity contribution in [2.45, 2.75) is 32.4 Å². The highest BCUT2D eigenvalue weighted by Gasteiger charge is 2.17. The lowest BCUT2D eigenvalue weighted by Gasteiger charge is -2.23. The smallest absolute Gasteiger partial charge is 0.251 e. The predicted octanol–water partition coefficient (Wildman–Crippen LogP) is 0.894. The molecular formula is C15H22N2O4. The Kier molecular flexibility index (Phi) is 4.69. The van der Waals surface area contributed by atoms with Crippen LogP contribution in [0.4, 0.5) is 0 Å². The molecule has 1 atom stereocenters. The molecule has 1 unspecified atom stereocenters. The van der Waals surface area contributed by atoms with Gasteiger partial charge >= 0.3 is 0 Å². The van der Waals surface area contributed by atoms with Crippen molar-refractivity contribution in [1.82, 2.24) is 10.6 Å². The van der Waals surface area contributed by atoms with E-state index in [1.165, 1.54) is 0 Å².